The van der Waals surface area contributed by atoms with Gasteiger partial charge in [0.1, 0.15) is 0 Å². The first-order valence-corrected chi connectivity index (χ1v) is 1.37. The first kappa shape index (κ1) is 10.4. The van der Waals surface area contributed by atoms with Crippen LogP contribution >= 0.6 is 0 Å². The summed E-state index contributed by atoms with van der Waals surface area (Å²) in [5.74, 6) is 4.96. The van der Waals surface area contributed by atoms with Crippen LogP contribution < -0.4 is 5.84 Å². The van der Waals surface area contributed by atoms with Crippen LogP contribution in [0.5, 0.6) is 0 Å². The minimum Gasteiger partial charge on any atom is -0.412 e. The van der Waals surface area contributed by atoms with Gasteiger partial charge in [-0.15, -0.1) is 9.89 Å². The summed E-state index contributed by atoms with van der Waals surface area (Å²) in [7, 11) is 0. The van der Waals surface area contributed by atoms with Crippen LogP contribution in [0.3, 0.4) is 0 Å². The van der Waals surface area contributed by atoms with E-state index in [0.29, 0.717) is 0 Å². The number of hydrogen-bond acceptors (Lipinski definition) is 4. The molecule has 0 atom stereocenters. The van der Waals surface area contributed by atoms with E-state index in [0.717, 1.165) is 4.79 Å². The van der Waals surface area contributed by atoms with Gasteiger partial charge in [-0.2, -0.15) is 0 Å². The molecule has 0 unspecified atom stereocenters. The van der Waals surface area contributed by atoms with Crippen molar-refractivity contribution >= 4 is 0 Å². The van der Waals surface area contributed by atoms with Gasteiger partial charge in [0, 0.05) is 17.1 Å². The van der Waals surface area contributed by atoms with Crippen LogP contribution in [0.2, 0.25) is 0 Å². The van der Waals surface area contributed by atoms with Gasteiger partial charge in [0.25, 0.3) is 0 Å². The monoisotopic (exact) mass is 166 g/mol. The van der Waals surface area contributed by atoms with Gasteiger partial charge < -0.3 is 11.3 Å². The van der Waals surface area contributed by atoms with E-state index in [-0.39, 0.29) is 22.5 Å². The first-order chi connectivity index (χ1) is 2.89. The normalized spacial score (nSPS) is 6.50. The maximum atomic E-state index is 4.96. The molecule has 7 heteroatoms. The fourth-order valence-electron chi connectivity index (χ4n) is 0.168. The molecular weight excluding hydrogens is 162 g/mol. The summed E-state index contributed by atoms with van der Waals surface area (Å²) < 4.78 is 0. The molecule has 0 saturated heterocycles. The predicted octanol–water partition coefficient (Wildman–Crippen LogP) is -2.44. The van der Waals surface area contributed by atoms with Crippen molar-refractivity contribution in [2.24, 2.45) is 0 Å². The van der Waals surface area contributed by atoms with E-state index in [9.17, 15) is 0 Å². The summed E-state index contributed by atoms with van der Waals surface area (Å²) in [6, 6.07) is 0. The standard InChI is InChI=1S/CH3N5.Cu.H2O/c2-6-1-3-4-5-6;;/h1H,2H2;;1H2. The average Bonchev–Trinajstić information content (AvgIpc) is 1.86. The summed E-state index contributed by atoms with van der Waals surface area (Å²) >= 11 is 0. The molecule has 0 saturated carbocycles. The summed E-state index contributed by atoms with van der Waals surface area (Å²) in [5, 5.41) is 9.71. The third-order valence-corrected chi connectivity index (χ3v) is 0.365. The number of nitrogens with two attached hydrogens (primary N) is 1. The molecule has 0 aromatic carbocycles. The number of aromatic nitrogens is 4. The topological polar surface area (TPSA) is 101 Å². The number of hydrogen-bond donors (Lipinski definition) is 1. The molecule has 0 aliphatic carbocycles. The molecule has 0 bridgehead atoms. The zero-order valence-electron chi connectivity index (χ0n) is 3.75. The molecule has 0 amide bonds. The molecule has 1 aromatic heterocycles. The number of rotatable bonds is 0. The van der Waals surface area contributed by atoms with E-state index >= 15 is 0 Å². The van der Waals surface area contributed by atoms with Crippen molar-refractivity contribution in [3.8, 4) is 0 Å². The zero-order valence-corrected chi connectivity index (χ0v) is 4.69. The molecule has 4 N–H and O–H groups in total. The molecule has 51 valence electrons. The van der Waals surface area contributed by atoms with Crippen LogP contribution in [0.25, 0.3) is 0 Å². The van der Waals surface area contributed by atoms with E-state index in [2.05, 4.69) is 15.5 Å². The van der Waals surface area contributed by atoms with Crippen LogP contribution in [0.15, 0.2) is 6.33 Å². The predicted molar refractivity (Wildman–Crippen MR) is 21.6 cm³/mol. The van der Waals surface area contributed by atoms with E-state index in [1.54, 1.807) is 0 Å². The maximum Gasteiger partial charge on any atom is 0.161 e. The van der Waals surface area contributed by atoms with Crippen molar-refractivity contribution < 1.29 is 22.5 Å². The van der Waals surface area contributed by atoms with Crippen LogP contribution in [-0.2, 0) is 17.1 Å². The van der Waals surface area contributed by atoms with Crippen molar-refractivity contribution in [1.29, 1.82) is 0 Å². The van der Waals surface area contributed by atoms with Gasteiger partial charge in [-0.1, -0.05) is 0 Å². The second-order valence-corrected chi connectivity index (χ2v) is 0.790. The van der Waals surface area contributed by atoms with Crippen LogP contribution in [0, 0.1) is 0 Å². The molecule has 1 radical (unpaired) electrons. The van der Waals surface area contributed by atoms with Gasteiger partial charge in [0.05, 0.1) is 0 Å². The third kappa shape index (κ3) is 2.51. The minimum atomic E-state index is 0. The molecule has 0 spiro atoms. The molecule has 1 rings (SSSR count). The Labute approximate surface area is 55.8 Å². The van der Waals surface area contributed by atoms with Crippen molar-refractivity contribution in [3.05, 3.63) is 6.33 Å². The molecule has 0 fully saturated rings. The summed E-state index contributed by atoms with van der Waals surface area (Å²) in [5.41, 5.74) is 0. The average molecular weight is 167 g/mol. The number of tetrazole rings is 1. The fourth-order valence-corrected chi connectivity index (χ4v) is 0.168. The van der Waals surface area contributed by atoms with Crippen molar-refractivity contribution in [2.45, 2.75) is 0 Å². The number of nitrogen functional groups attached to an aromatic ring is 1. The van der Waals surface area contributed by atoms with Crippen LogP contribution in [-0.4, -0.2) is 25.8 Å². The van der Waals surface area contributed by atoms with Gasteiger partial charge in [-0.3, -0.25) is 0 Å². The Hall–Kier alpha value is -0.651. The van der Waals surface area contributed by atoms with Crippen molar-refractivity contribution in [2.75, 3.05) is 5.84 Å². The Morgan fingerprint density at radius 2 is 2.12 bits per heavy atom. The summed E-state index contributed by atoms with van der Waals surface area (Å²) in [6.07, 6.45) is 1.31. The Bertz CT molecular complexity index is 116. The van der Waals surface area contributed by atoms with Gasteiger partial charge >= 0.3 is 0 Å². The smallest absolute Gasteiger partial charge is 0.161 e. The minimum absolute atomic E-state index is 0. The second-order valence-electron chi connectivity index (χ2n) is 0.790. The molecule has 0 aliphatic heterocycles. The zero-order chi connectivity index (χ0) is 4.41. The van der Waals surface area contributed by atoms with Gasteiger partial charge in [0.2, 0.25) is 0 Å². The van der Waals surface area contributed by atoms with Gasteiger partial charge in [-0.25, -0.2) is 0 Å². The third-order valence-electron chi connectivity index (χ3n) is 0.365. The summed E-state index contributed by atoms with van der Waals surface area (Å²) in [6.45, 7) is 0. The molecule has 8 heavy (non-hydrogen) atoms. The fraction of sp³-hybridized carbons (Fsp3) is 0. The van der Waals surface area contributed by atoms with E-state index in [1.807, 2.05) is 0 Å². The van der Waals surface area contributed by atoms with Gasteiger partial charge in [-0.05, 0) is 10.4 Å². The van der Waals surface area contributed by atoms with E-state index in [1.165, 1.54) is 6.33 Å². The SMILES string of the molecule is Nn1cnnn1.O.[Cu]. The Balaban J connectivity index is 0. The largest absolute Gasteiger partial charge is 0.412 e. The van der Waals surface area contributed by atoms with Crippen molar-refractivity contribution in [1.82, 2.24) is 20.3 Å². The Morgan fingerprint density at radius 1 is 1.50 bits per heavy atom. The van der Waals surface area contributed by atoms with Crippen molar-refractivity contribution in [3.63, 3.8) is 0 Å². The summed E-state index contributed by atoms with van der Waals surface area (Å²) in [4.78, 5) is 1.03. The second kappa shape index (κ2) is 4.51. The number of nitrogens with zero attached hydrogens (tertiary/aromatic N) is 4. The molecule has 6 nitrogen and oxygen atoms in total. The Morgan fingerprint density at radius 3 is 2.25 bits per heavy atom. The Kier molecular flexibility index (Phi) is 5.83. The quantitative estimate of drug-likeness (QED) is 0.342. The van der Waals surface area contributed by atoms with Crippen LogP contribution in [0.1, 0.15) is 0 Å². The molecule has 1 aromatic rings. The van der Waals surface area contributed by atoms with Gasteiger partial charge in [0.15, 0.2) is 6.33 Å². The molecular formula is CH5CuN5O. The van der Waals surface area contributed by atoms with E-state index in [4.69, 9.17) is 5.84 Å². The molecule has 1 heterocycles. The molecule has 0 aliphatic rings. The van der Waals surface area contributed by atoms with Crippen LogP contribution in [0.4, 0.5) is 0 Å². The first-order valence-electron chi connectivity index (χ1n) is 1.37. The maximum absolute atomic E-state index is 4.96. The van der Waals surface area contributed by atoms with E-state index < -0.39 is 0 Å².